The summed E-state index contributed by atoms with van der Waals surface area (Å²) in [4.78, 5) is 14.7. The average Bonchev–Trinajstić information content (AvgIpc) is 3.16. The number of nitrogens with one attached hydrogen (secondary N) is 2. The van der Waals surface area contributed by atoms with Gasteiger partial charge in [0.25, 0.3) is 5.91 Å². The SMILES string of the molecule is CCC(C)NS(=O)(=O)c1ccc(C(=O)N2CCC(Nc3ccccc3)C2)cc1. The van der Waals surface area contributed by atoms with E-state index in [1.54, 1.807) is 12.1 Å². The maximum absolute atomic E-state index is 12.8. The van der Waals surface area contributed by atoms with Crippen molar-refractivity contribution in [1.82, 2.24) is 9.62 Å². The molecule has 0 saturated carbocycles. The molecule has 150 valence electrons. The quantitative estimate of drug-likeness (QED) is 0.747. The van der Waals surface area contributed by atoms with E-state index in [9.17, 15) is 13.2 Å². The number of hydrogen-bond acceptors (Lipinski definition) is 4. The molecular formula is C21H27N3O3S. The number of rotatable bonds is 7. The molecule has 7 heteroatoms. The molecule has 1 fully saturated rings. The Labute approximate surface area is 167 Å². The predicted molar refractivity (Wildman–Crippen MR) is 111 cm³/mol. The van der Waals surface area contributed by atoms with Crippen LogP contribution in [0, 0.1) is 0 Å². The minimum absolute atomic E-state index is 0.0730. The molecule has 1 aliphatic heterocycles. The number of hydrogen-bond donors (Lipinski definition) is 2. The fourth-order valence-electron chi connectivity index (χ4n) is 3.21. The van der Waals surface area contributed by atoms with Crippen molar-refractivity contribution in [2.45, 2.75) is 43.7 Å². The first kappa shape index (κ1) is 20.4. The van der Waals surface area contributed by atoms with Gasteiger partial charge in [-0.3, -0.25) is 4.79 Å². The Morgan fingerprint density at radius 1 is 1.14 bits per heavy atom. The highest BCUT2D eigenvalue weighted by atomic mass is 32.2. The standard InChI is InChI=1S/C21H27N3O3S/c1-3-16(2)23-28(26,27)20-11-9-17(10-12-20)21(25)24-14-13-19(15-24)22-18-7-5-4-6-8-18/h4-12,16,19,22-23H,3,13-15H2,1-2H3. The van der Waals surface area contributed by atoms with Crippen molar-refractivity contribution in [3.8, 4) is 0 Å². The van der Waals surface area contributed by atoms with Crippen molar-refractivity contribution < 1.29 is 13.2 Å². The van der Waals surface area contributed by atoms with Gasteiger partial charge in [-0.15, -0.1) is 0 Å². The zero-order chi connectivity index (χ0) is 20.1. The van der Waals surface area contributed by atoms with Crippen molar-refractivity contribution in [3.63, 3.8) is 0 Å². The zero-order valence-corrected chi connectivity index (χ0v) is 17.1. The van der Waals surface area contributed by atoms with Crippen LogP contribution in [-0.2, 0) is 10.0 Å². The highest BCUT2D eigenvalue weighted by Gasteiger charge is 2.27. The lowest BCUT2D eigenvalue weighted by Gasteiger charge is -2.18. The molecule has 0 aliphatic carbocycles. The fraction of sp³-hybridized carbons (Fsp3) is 0.381. The maximum atomic E-state index is 12.8. The van der Waals surface area contributed by atoms with Crippen LogP contribution in [0.5, 0.6) is 0 Å². The number of para-hydroxylation sites is 1. The largest absolute Gasteiger partial charge is 0.380 e. The van der Waals surface area contributed by atoms with Crippen LogP contribution in [0.2, 0.25) is 0 Å². The average molecular weight is 402 g/mol. The summed E-state index contributed by atoms with van der Waals surface area (Å²) in [5.74, 6) is -0.0730. The second-order valence-electron chi connectivity index (χ2n) is 7.20. The third-order valence-corrected chi connectivity index (χ3v) is 6.61. The number of sulfonamides is 1. The molecule has 1 aliphatic rings. The molecule has 1 saturated heterocycles. The Balaban J connectivity index is 1.62. The number of amides is 1. The van der Waals surface area contributed by atoms with Crippen LogP contribution in [0.1, 0.15) is 37.0 Å². The Kier molecular flexibility index (Phi) is 6.36. The molecule has 0 spiro atoms. The molecule has 2 atom stereocenters. The molecule has 3 rings (SSSR count). The van der Waals surface area contributed by atoms with E-state index in [4.69, 9.17) is 0 Å². The second kappa shape index (κ2) is 8.75. The number of nitrogens with zero attached hydrogens (tertiary/aromatic N) is 1. The molecule has 1 heterocycles. The lowest BCUT2D eigenvalue weighted by atomic mass is 10.2. The van der Waals surface area contributed by atoms with E-state index in [2.05, 4.69) is 10.0 Å². The summed E-state index contributed by atoms with van der Waals surface area (Å²) in [6.07, 6.45) is 1.59. The Hall–Kier alpha value is -2.38. The van der Waals surface area contributed by atoms with E-state index in [1.807, 2.05) is 49.1 Å². The molecule has 0 aromatic heterocycles. The van der Waals surface area contributed by atoms with Crippen molar-refractivity contribution in [1.29, 1.82) is 0 Å². The van der Waals surface area contributed by atoms with Crippen LogP contribution in [0.15, 0.2) is 59.5 Å². The van der Waals surface area contributed by atoms with Crippen molar-refractivity contribution in [2.75, 3.05) is 18.4 Å². The summed E-state index contributed by atoms with van der Waals surface area (Å²) in [5, 5.41) is 3.45. The van der Waals surface area contributed by atoms with Crippen molar-refractivity contribution in [2.24, 2.45) is 0 Å². The Morgan fingerprint density at radius 3 is 2.46 bits per heavy atom. The topological polar surface area (TPSA) is 78.5 Å². The monoisotopic (exact) mass is 401 g/mol. The first-order valence-corrected chi connectivity index (χ1v) is 11.1. The van der Waals surface area contributed by atoms with Gasteiger partial charge in [0.15, 0.2) is 0 Å². The van der Waals surface area contributed by atoms with Crippen molar-refractivity contribution in [3.05, 3.63) is 60.2 Å². The van der Waals surface area contributed by atoms with Gasteiger partial charge in [0.05, 0.1) is 4.90 Å². The van der Waals surface area contributed by atoms with E-state index in [-0.39, 0.29) is 22.9 Å². The summed E-state index contributed by atoms with van der Waals surface area (Å²) in [5.41, 5.74) is 1.55. The maximum Gasteiger partial charge on any atom is 0.253 e. The second-order valence-corrected chi connectivity index (χ2v) is 8.92. The number of anilines is 1. The summed E-state index contributed by atoms with van der Waals surface area (Å²) in [6, 6.07) is 16.2. The molecule has 2 unspecified atom stereocenters. The summed E-state index contributed by atoms with van der Waals surface area (Å²) >= 11 is 0. The summed E-state index contributed by atoms with van der Waals surface area (Å²) in [7, 11) is -3.56. The van der Waals surface area contributed by atoms with Gasteiger partial charge in [-0.25, -0.2) is 13.1 Å². The van der Waals surface area contributed by atoms with Crippen molar-refractivity contribution >= 4 is 21.6 Å². The lowest BCUT2D eigenvalue weighted by molar-refractivity contribution is 0.0791. The Morgan fingerprint density at radius 2 is 1.82 bits per heavy atom. The normalized spacial score (nSPS) is 18.1. The number of likely N-dealkylation sites (tertiary alicyclic amines) is 1. The molecule has 2 aromatic rings. The van der Waals surface area contributed by atoms with Crippen LogP contribution >= 0.6 is 0 Å². The van der Waals surface area contributed by atoms with Gasteiger partial charge in [-0.1, -0.05) is 25.1 Å². The van der Waals surface area contributed by atoms with Crippen LogP contribution in [-0.4, -0.2) is 44.4 Å². The molecule has 28 heavy (non-hydrogen) atoms. The molecule has 2 aromatic carbocycles. The summed E-state index contributed by atoms with van der Waals surface area (Å²) in [6.45, 7) is 5.05. The lowest BCUT2D eigenvalue weighted by Crippen LogP contribution is -2.32. The fourth-order valence-corrected chi connectivity index (χ4v) is 4.53. The molecule has 0 bridgehead atoms. The van der Waals surface area contributed by atoms with E-state index in [1.165, 1.54) is 12.1 Å². The van der Waals surface area contributed by atoms with E-state index in [0.29, 0.717) is 25.1 Å². The molecule has 2 N–H and O–H groups in total. The van der Waals surface area contributed by atoms with E-state index < -0.39 is 10.0 Å². The number of carbonyl (C=O) groups is 1. The Bertz CT molecular complexity index is 898. The molecule has 0 radical (unpaired) electrons. The highest BCUT2D eigenvalue weighted by molar-refractivity contribution is 7.89. The van der Waals surface area contributed by atoms with Crippen LogP contribution in [0.25, 0.3) is 0 Å². The van der Waals surface area contributed by atoms with Crippen LogP contribution in [0.3, 0.4) is 0 Å². The number of benzene rings is 2. The smallest absolute Gasteiger partial charge is 0.253 e. The molecular weight excluding hydrogens is 374 g/mol. The predicted octanol–water partition coefficient (Wildman–Crippen LogP) is 3.09. The molecule has 6 nitrogen and oxygen atoms in total. The highest BCUT2D eigenvalue weighted by Crippen LogP contribution is 2.19. The van der Waals surface area contributed by atoms with Gasteiger partial charge in [-0.05, 0) is 56.2 Å². The van der Waals surface area contributed by atoms with Crippen LogP contribution in [0.4, 0.5) is 5.69 Å². The van der Waals surface area contributed by atoms with E-state index >= 15 is 0 Å². The van der Waals surface area contributed by atoms with Gasteiger partial charge < -0.3 is 10.2 Å². The third-order valence-electron chi connectivity index (χ3n) is 5.00. The third kappa shape index (κ3) is 4.91. The summed E-state index contributed by atoms with van der Waals surface area (Å²) < 4.78 is 27.3. The minimum atomic E-state index is -3.56. The van der Waals surface area contributed by atoms with Gasteiger partial charge in [0, 0.05) is 36.4 Å². The van der Waals surface area contributed by atoms with E-state index in [0.717, 1.165) is 12.1 Å². The van der Waals surface area contributed by atoms with Gasteiger partial charge in [0.2, 0.25) is 10.0 Å². The first-order valence-electron chi connectivity index (χ1n) is 9.62. The minimum Gasteiger partial charge on any atom is -0.380 e. The zero-order valence-electron chi connectivity index (χ0n) is 16.3. The molecule has 1 amide bonds. The number of carbonyl (C=O) groups excluding carboxylic acids is 1. The van der Waals surface area contributed by atoms with Crippen LogP contribution < -0.4 is 10.0 Å². The van der Waals surface area contributed by atoms with Gasteiger partial charge in [0.1, 0.15) is 0 Å². The first-order chi connectivity index (χ1) is 13.4. The van der Waals surface area contributed by atoms with Gasteiger partial charge >= 0.3 is 0 Å². The van der Waals surface area contributed by atoms with Gasteiger partial charge in [-0.2, -0.15) is 0 Å².